The van der Waals surface area contributed by atoms with Crippen molar-refractivity contribution in [3.63, 3.8) is 0 Å². The van der Waals surface area contributed by atoms with Crippen molar-refractivity contribution in [1.82, 2.24) is 4.90 Å². The predicted molar refractivity (Wildman–Crippen MR) is 93.9 cm³/mol. The third kappa shape index (κ3) is 2.82. The molecule has 2 saturated heterocycles. The second-order valence-corrected chi connectivity index (χ2v) is 7.17. The number of amides is 1. The summed E-state index contributed by atoms with van der Waals surface area (Å²) in [6.45, 7) is 0.490. The van der Waals surface area contributed by atoms with E-state index in [0.29, 0.717) is 13.0 Å². The third-order valence-electron chi connectivity index (χ3n) is 4.59. The number of halogens is 1. The van der Waals surface area contributed by atoms with Gasteiger partial charge >= 0.3 is 6.09 Å². The van der Waals surface area contributed by atoms with Crippen molar-refractivity contribution in [2.24, 2.45) is 0 Å². The summed E-state index contributed by atoms with van der Waals surface area (Å²) in [7, 11) is 0. The summed E-state index contributed by atoms with van der Waals surface area (Å²) in [5.41, 5.74) is 2.21. The summed E-state index contributed by atoms with van der Waals surface area (Å²) in [6.07, 6.45) is -0.171. The summed E-state index contributed by atoms with van der Waals surface area (Å²) in [4.78, 5) is 14.3. The quantitative estimate of drug-likeness (QED) is 0.749. The Morgan fingerprint density at radius 1 is 1.04 bits per heavy atom. The molecule has 5 heteroatoms. The lowest BCUT2D eigenvalue weighted by Gasteiger charge is -2.39. The van der Waals surface area contributed by atoms with Crippen LogP contribution in [0.3, 0.4) is 0 Å². The maximum Gasteiger partial charge on any atom is 0.412 e. The summed E-state index contributed by atoms with van der Waals surface area (Å²) in [6, 6.07) is 19.9. The Bertz CT molecular complexity index is 709. The van der Waals surface area contributed by atoms with Crippen molar-refractivity contribution < 1.29 is 14.3 Å². The van der Waals surface area contributed by atoms with Gasteiger partial charge in [-0.05, 0) is 11.1 Å². The fourth-order valence-electron chi connectivity index (χ4n) is 3.38. The number of ether oxygens (including phenoxy) is 2. The van der Waals surface area contributed by atoms with Gasteiger partial charge in [-0.15, -0.1) is 0 Å². The Morgan fingerprint density at radius 2 is 1.71 bits per heavy atom. The first kappa shape index (κ1) is 15.7. The van der Waals surface area contributed by atoms with Gasteiger partial charge in [0, 0.05) is 6.42 Å². The van der Waals surface area contributed by atoms with Crippen LogP contribution in [-0.2, 0) is 15.9 Å². The van der Waals surface area contributed by atoms with Crippen LogP contribution in [0.2, 0.25) is 0 Å². The molecule has 2 aromatic rings. The van der Waals surface area contributed by atoms with Crippen LogP contribution in [0.1, 0.15) is 17.2 Å². The Kier molecular flexibility index (Phi) is 4.29. The zero-order valence-electron chi connectivity index (χ0n) is 13.0. The number of carbonyl (C=O) groups is 1. The molecule has 2 aliphatic heterocycles. The van der Waals surface area contributed by atoms with Crippen molar-refractivity contribution in [1.29, 1.82) is 0 Å². The van der Waals surface area contributed by atoms with Gasteiger partial charge in [-0.25, -0.2) is 4.79 Å². The van der Waals surface area contributed by atoms with E-state index in [0.717, 1.165) is 11.1 Å². The van der Waals surface area contributed by atoms with E-state index >= 15 is 0 Å². The number of cyclic esters (lactones) is 1. The molecule has 0 spiro atoms. The minimum Gasteiger partial charge on any atom is -0.444 e. The molecule has 4 nitrogen and oxygen atoms in total. The van der Waals surface area contributed by atoms with Crippen molar-refractivity contribution >= 4 is 22.0 Å². The SMILES string of the molecule is O=C1O[C@@H](Cc2ccccc2)[C@H](Br)[C@H]2OC[C@H](c3ccccc3)N12. The Balaban J connectivity index is 1.54. The van der Waals surface area contributed by atoms with Gasteiger partial charge in [0.25, 0.3) is 0 Å². The molecule has 4 atom stereocenters. The molecule has 24 heavy (non-hydrogen) atoms. The Hall–Kier alpha value is -1.85. The van der Waals surface area contributed by atoms with Crippen LogP contribution in [-0.4, -0.2) is 34.8 Å². The maximum absolute atomic E-state index is 12.6. The van der Waals surface area contributed by atoms with Crippen molar-refractivity contribution in [3.05, 3.63) is 71.8 Å². The first-order chi connectivity index (χ1) is 11.7. The van der Waals surface area contributed by atoms with Crippen LogP contribution >= 0.6 is 15.9 Å². The van der Waals surface area contributed by atoms with E-state index in [1.54, 1.807) is 4.90 Å². The summed E-state index contributed by atoms with van der Waals surface area (Å²) >= 11 is 3.70. The molecule has 0 aliphatic carbocycles. The Morgan fingerprint density at radius 3 is 2.42 bits per heavy atom. The lowest BCUT2D eigenvalue weighted by molar-refractivity contribution is -0.0515. The van der Waals surface area contributed by atoms with E-state index in [-0.39, 0.29) is 29.3 Å². The van der Waals surface area contributed by atoms with Crippen LogP contribution < -0.4 is 0 Å². The fraction of sp³-hybridized carbons (Fsp3) is 0.316. The molecule has 1 amide bonds. The molecule has 2 heterocycles. The van der Waals surface area contributed by atoms with Crippen molar-refractivity contribution in [3.8, 4) is 0 Å². The standard InChI is InChI=1S/C19H18BrNO3/c20-17-16(11-13-7-3-1-4-8-13)24-19(22)21-15(12-23-18(17)21)14-9-5-2-6-10-14/h1-10,15-18H,11-12H2/t15-,16+,17+,18-/m1/s1. The summed E-state index contributed by atoms with van der Waals surface area (Å²) in [5.74, 6) is 0. The third-order valence-corrected chi connectivity index (χ3v) is 5.63. The maximum atomic E-state index is 12.6. The van der Waals surface area contributed by atoms with Gasteiger partial charge in [-0.2, -0.15) is 0 Å². The number of fused-ring (bicyclic) bond motifs is 1. The monoisotopic (exact) mass is 387 g/mol. The molecule has 4 rings (SSSR count). The molecule has 0 saturated carbocycles. The molecule has 0 unspecified atom stereocenters. The first-order valence-electron chi connectivity index (χ1n) is 8.07. The zero-order valence-corrected chi connectivity index (χ0v) is 14.6. The van der Waals surface area contributed by atoms with E-state index in [1.807, 2.05) is 60.7 Å². The number of hydrogen-bond donors (Lipinski definition) is 0. The average Bonchev–Trinajstić information content (AvgIpc) is 3.07. The van der Waals surface area contributed by atoms with Crippen molar-refractivity contribution in [2.45, 2.75) is 29.6 Å². The van der Waals surface area contributed by atoms with Gasteiger partial charge in [0.15, 0.2) is 6.23 Å². The fourth-order valence-corrected chi connectivity index (χ4v) is 4.08. The molecule has 124 valence electrons. The van der Waals surface area contributed by atoms with E-state index in [4.69, 9.17) is 9.47 Å². The topological polar surface area (TPSA) is 38.8 Å². The minimum absolute atomic E-state index is 0.0656. The van der Waals surface area contributed by atoms with Gasteiger partial charge < -0.3 is 9.47 Å². The summed E-state index contributed by atoms with van der Waals surface area (Å²) < 4.78 is 11.7. The normalized spacial score (nSPS) is 29.2. The van der Waals surface area contributed by atoms with Crippen molar-refractivity contribution in [2.75, 3.05) is 6.61 Å². The minimum atomic E-state index is -0.303. The molecule has 2 aromatic carbocycles. The van der Waals surface area contributed by atoms with Gasteiger partial charge in [-0.3, -0.25) is 4.90 Å². The number of benzene rings is 2. The van der Waals surface area contributed by atoms with Gasteiger partial charge in [-0.1, -0.05) is 76.6 Å². The number of carbonyl (C=O) groups excluding carboxylic acids is 1. The Labute approximate surface area is 149 Å². The number of nitrogens with zero attached hydrogens (tertiary/aromatic N) is 1. The summed E-state index contributed by atoms with van der Waals surface area (Å²) in [5, 5.41) is 0. The second kappa shape index (κ2) is 6.57. The molecular formula is C19H18BrNO3. The van der Waals surface area contributed by atoms with Gasteiger partial charge in [0.2, 0.25) is 0 Å². The number of alkyl halides is 1. The van der Waals surface area contributed by atoms with Crippen LogP contribution in [0.25, 0.3) is 0 Å². The average molecular weight is 388 g/mol. The van der Waals surface area contributed by atoms with Crippen LogP contribution in [0.4, 0.5) is 4.79 Å². The van der Waals surface area contributed by atoms with E-state index < -0.39 is 0 Å². The smallest absolute Gasteiger partial charge is 0.412 e. The largest absolute Gasteiger partial charge is 0.444 e. The van der Waals surface area contributed by atoms with Crippen LogP contribution in [0.15, 0.2) is 60.7 Å². The molecule has 2 fully saturated rings. The molecule has 0 bridgehead atoms. The molecule has 2 aliphatic rings. The highest BCUT2D eigenvalue weighted by Gasteiger charge is 2.50. The van der Waals surface area contributed by atoms with Gasteiger partial charge in [0.1, 0.15) is 6.10 Å². The van der Waals surface area contributed by atoms with Gasteiger partial charge in [0.05, 0.1) is 17.5 Å². The van der Waals surface area contributed by atoms with E-state index in [1.165, 1.54) is 0 Å². The predicted octanol–water partition coefficient (Wildman–Crippen LogP) is 3.91. The highest BCUT2D eigenvalue weighted by atomic mass is 79.9. The lowest BCUT2D eigenvalue weighted by atomic mass is 10.0. The van der Waals surface area contributed by atoms with Crippen LogP contribution in [0, 0.1) is 0 Å². The van der Waals surface area contributed by atoms with E-state index in [2.05, 4.69) is 15.9 Å². The molecule has 0 aromatic heterocycles. The molecule has 0 N–H and O–H groups in total. The first-order valence-corrected chi connectivity index (χ1v) is 8.99. The van der Waals surface area contributed by atoms with Crippen LogP contribution in [0.5, 0.6) is 0 Å². The molecule has 0 radical (unpaired) electrons. The lowest BCUT2D eigenvalue weighted by Crippen LogP contribution is -2.54. The number of hydrogen-bond acceptors (Lipinski definition) is 3. The molecular weight excluding hydrogens is 370 g/mol. The number of rotatable bonds is 3. The second-order valence-electron chi connectivity index (χ2n) is 6.11. The van der Waals surface area contributed by atoms with E-state index in [9.17, 15) is 4.79 Å². The highest BCUT2D eigenvalue weighted by molar-refractivity contribution is 9.09. The highest BCUT2D eigenvalue weighted by Crippen LogP contribution is 2.39. The zero-order chi connectivity index (χ0) is 16.5.